The van der Waals surface area contributed by atoms with Gasteiger partial charge in [-0.15, -0.1) is 0 Å². The number of sulfonamides is 1. The fraction of sp³-hybridized carbons (Fsp3) is 0.909. The maximum atomic E-state index is 12.0. The number of hydrogen-bond acceptors (Lipinski definition) is 3. The van der Waals surface area contributed by atoms with Gasteiger partial charge in [0.2, 0.25) is 15.9 Å². The predicted octanol–water partition coefficient (Wildman–Crippen LogP) is 0.327. The summed E-state index contributed by atoms with van der Waals surface area (Å²) in [7, 11) is -3.17. The molecule has 0 radical (unpaired) electrons. The molecule has 1 aliphatic heterocycles. The van der Waals surface area contributed by atoms with E-state index < -0.39 is 10.0 Å². The first kappa shape index (κ1) is 12.8. The van der Waals surface area contributed by atoms with Crippen LogP contribution in [0.2, 0.25) is 0 Å². The molecule has 2 rings (SSSR count). The Morgan fingerprint density at radius 3 is 2.47 bits per heavy atom. The van der Waals surface area contributed by atoms with Gasteiger partial charge in [0.05, 0.1) is 6.26 Å². The van der Waals surface area contributed by atoms with Gasteiger partial charge in [0.25, 0.3) is 0 Å². The van der Waals surface area contributed by atoms with Crippen LogP contribution in [0.25, 0.3) is 0 Å². The second-order valence-corrected chi connectivity index (χ2v) is 6.92. The third kappa shape index (κ3) is 3.42. The van der Waals surface area contributed by atoms with E-state index >= 15 is 0 Å². The molecule has 1 N–H and O–H groups in total. The number of carbonyl (C=O) groups excluding carboxylic acids is 1. The number of likely N-dealkylation sites (tertiary alicyclic amines) is 1. The van der Waals surface area contributed by atoms with E-state index in [1.165, 1.54) is 6.26 Å². The Kier molecular flexibility index (Phi) is 3.73. The Hall–Kier alpha value is -0.620. The van der Waals surface area contributed by atoms with Gasteiger partial charge in [-0.1, -0.05) is 6.42 Å². The first-order valence-electron chi connectivity index (χ1n) is 6.22. The fourth-order valence-corrected chi connectivity index (χ4v) is 3.29. The lowest BCUT2D eigenvalue weighted by atomic mass is 9.84. The van der Waals surface area contributed by atoms with Gasteiger partial charge in [-0.05, 0) is 25.7 Å². The number of nitrogens with one attached hydrogen (secondary N) is 1. The van der Waals surface area contributed by atoms with Crippen LogP contribution in [0.4, 0.5) is 0 Å². The summed E-state index contributed by atoms with van der Waals surface area (Å²) in [4.78, 5) is 13.9. The van der Waals surface area contributed by atoms with E-state index in [-0.39, 0.29) is 17.9 Å². The minimum atomic E-state index is -3.17. The van der Waals surface area contributed by atoms with E-state index in [1.807, 2.05) is 4.90 Å². The maximum absolute atomic E-state index is 12.0. The number of hydrogen-bond donors (Lipinski definition) is 1. The predicted molar refractivity (Wildman–Crippen MR) is 64.9 cm³/mol. The lowest BCUT2D eigenvalue weighted by molar-refractivity contribution is -0.139. The van der Waals surface area contributed by atoms with Crippen molar-refractivity contribution < 1.29 is 13.2 Å². The normalized spacial score (nSPS) is 26.6. The second-order valence-electron chi connectivity index (χ2n) is 5.14. The molecule has 1 heterocycles. The summed E-state index contributed by atoms with van der Waals surface area (Å²) in [6, 6.07) is -0.109. The molecule has 0 aromatic rings. The van der Waals surface area contributed by atoms with Gasteiger partial charge in [0.1, 0.15) is 0 Å². The van der Waals surface area contributed by atoms with Gasteiger partial charge < -0.3 is 4.90 Å². The van der Waals surface area contributed by atoms with Crippen molar-refractivity contribution in [3.05, 3.63) is 0 Å². The van der Waals surface area contributed by atoms with Crippen molar-refractivity contribution >= 4 is 15.9 Å². The first-order chi connectivity index (χ1) is 7.96. The summed E-state index contributed by atoms with van der Waals surface area (Å²) in [5, 5.41) is 0. The molecule has 0 spiro atoms. The summed E-state index contributed by atoms with van der Waals surface area (Å²) in [6.07, 6.45) is 6.02. The first-order valence-corrected chi connectivity index (χ1v) is 8.11. The van der Waals surface area contributed by atoms with E-state index in [0.717, 1.165) is 38.6 Å². The van der Waals surface area contributed by atoms with E-state index in [1.54, 1.807) is 0 Å². The van der Waals surface area contributed by atoms with Crippen molar-refractivity contribution in [1.29, 1.82) is 0 Å². The minimum absolute atomic E-state index is 0.109. The monoisotopic (exact) mass is 260 g/mol. The van der Waals surface area contributed by atoms with E-state index in [0.29, 0.717) is 6.54 Å². The molecule has 2 fully saturated rings. The Morgan fingerprint density at radius 1 is 1.24 bits per heavy atom. The molecule has 0 aromatic carbocycles. The molecule has 98 valence electrons. The van der Waals surface area contributed by atoms with Gasteiger partial charge in [-0.2, -0.15) is 0 Å². The number of nitrogens with zero attached hydrogens (tertiary/aromatic N) is 1. The van der Waals surface area contributed by atoms with E-state index in [4.69, 9.17) is 0 Å². The molecule has 1 saturated carbocycles. The molecule has 2 aliphatic rings. The number of amides is 1. The van der Waals surface area contributed by atoms with E-state index in [9.17, 15) is 13.2 Å². The average molecular weight is 260 g/mol. The highest BCUT2D eigenvalue weighted by molar-refractivity contribution is 7.88. The molecule has 0 aromatic heterocycles. The van der Waals surface area contributed by atoms with Crippen molar-refractivity contribution in [3.63, 3.8) is 0 Å². The molecule has 1 saturated heterocycles. The topological polar surface area (TPSA) is 66.5 Å². The number of rotatable bonds is 3. The van der Waals surface area contributed by atoms with Crippen molar-refractivity contribution in [2.75, 3.05) is 19.3 Å². The van der Waals surface area contributed by atoms with Crippen LogP contribution in [0.1, 0.15) is 32.1 Å². The maximum Gasteiger partial charge on any atom is 0.225 e. The van der Waals surface area contributed by atoms with Gasteiger partial charge in [-0.3, -0.25) is 4.79 Å². The molecule has 17 heavy (non-hydrogen) atoms. The van der Waals surface area contributed by atoms with Crippen LogP contribution in [0.5, 0.6) is 0 Å². The zero-order chi connectivity index (χ0) is 12.5. The van der Waals surface area contributed by atoms with Gasteiger partial charge in [-0.25, -0.2) is 13.1 Å². The van der Waals surface area contributed by atoms with Crippen molar-refractivity contribution in [2.45, 2.75) is 38.1 Å². The second kappa shape index (κ2) is 4.94. The standard InChI is InChI=1S/C11H20N2O3S/c1-17(15,16)12-10-6-3-7-13(8-10)11(14)9-4-2-5-9/h9-10,12H,2-8H2,1H3. The molecule has 1 atom stereocenters. The summed E-state index contributed by atoms with van der Waals surface area (Å²) < 4.78 is 24.9. The summed E-state index contributed by atoms with van der Waals surface area (Å²) in [5.41, 5.74) is 0. The molecule has 6 heteroatoms. The molecule has 5 nitrogen and oxygen atoms in total. The summed E-state index contributed by atoms with van der Waals surface area (Å²) in [5.74, 6) is 0.420. The smallest absolute Gasteiger partial charge is 0.225 e. The molecule has 1 amide bonds. The fourth-order valence-electron chi connectivity index (χ4n) is 2.49. The SMILES string of the molecule is CS(=O)(=O)NC1CCCN(C(=O)C2CCC2)C1. The zero-order valence-corrected chi connectivity index (χ0v) is 11.0. The Balaban J connectivity index is 1.90. The number of piperidine rings is 1. The highest BCUT2D eigenvalue weighted by Crippen LogP contribution is 2.29. The van der Waals surface area contributed by atoms with Crippen LogP contribution in [-0.2, 0) is 14.8 Å². The van der Waals surface area contributed by atoms with Crippen molar-refractivity contribution in [2.24, 2.45) is 5.92 Å². The van der Waals surface area contributed by atoms with Gasteiger partial charge >= 0.3 is 0 Å². The van der Waals surface area contributed by atoms with Crippen molar-refractivity contribution in [3.8, 4) is 0 Å². The minimum Gasteiger partial charge on any atom is -0.341 e. The Morgan fingerprint density at radius 2 is 1.94 bits per heavy atom. The van der Waals surface area contributed by atoms with Crippen molar-refractivity contribution in [1.82, 2.24) is 9.62 Å². The average Bonchev–Trinajstić information content (AvgIpc) is 2.12. The lowest BCUT2D eigenvalue weighted by Gasteiger charge is -2.37. The Bertz CT molecular complexity index is 390. The molecule has 1 aliphatic carbocycles. The quantitative estimate of drug-likeness (QED) is 0.795. The summed E-state index contributed by atoms with van der Waals surface area (Å²) in [6.45, 7) is 1.31. The summed E-state index contributed by atoms with van der Waals surface area (Å²) >= 11 is 0. The lowest BCUT2D eigenvalue weighted by Crippen LogP contribution is -2.51. The molecule has 1 unspecified atom stereocenters. The molecular formula is C11H20N2O3S. The van der Waals surface area contributed by atoms with Crippen LogP contribution in [-0.4, -0.2) is 44.6 Å². The van der Waals surface area contributed by atoms with Crippen LogP contribution < -0.4 is 4.72 Å². The highest BCUT2D eigenvalue weighted by atomic mass is 32.2. The van der Waals surface area contributed by atoms with Crippen LogP contribution >= 0.6 is 0 Å². The Labute approximate surface area is 103 Å². The van der Waals surface area contributed by atoms with Gasteiger partial charge in [0, 0.05) is 25.0 Å². The van der Waals surface area contributed by atoms with Gasteiger partial charge in [0.15, 0.2) is 0 Å². The third-order valence-corrected chi connectivity index (χ3v) is 4.33. The van der Waals surface area contributed by atoms with Crippen LogP contribution in [0.3, 0.4) is 0 Å². The van der Waals surface area contributed by atoms with Crippen LogP contribution in [0, 0.1) is 5.92 Å². The third-order valence-electron chi connectivity index (χ3n) is 3.57. The zero-order valence-electron chi connectivity index (χ0n) is 10.2. The largest absolute Gasteiger partial charge is 0.341 e. The molecular weight excluding hydrogens is 240 g/mol. The highest BCUT2D eigenvalue weighted by Gasteiger charge is 2.32. The molecule has 0 bridgehead atoms. The van der Waals surface area contributed by atoms with E-state index in [2.05, 4.69) is 4.72 Å². The number of carbonyl (C=O) groups is 1. The van der Waals surface area contributed by atoms with Crippen LogP contribution in [0.15, 0.2) is 0 Å².